The summed E-state index contributed by atoms with van der Waals surface area (Å²) in [5.74, 6) is 1.41. The summed E-state index contributed by atoms with van der Waals surface area (Å²) >= 11 is 0. The highest BCUT2D eigenvalue weighted by molar-refractivity contribution is 7.75. The van der Waals surface area contributed by atoms with Crippen molar-refractivity contribution >= 4 is 26.6 Å². The molecule has 0 atom stereocenters. The molecule has 0 aliphatic carbocycles. The minimum absolute atomic E-state index is 0.595. The number of hydrogen-bond donors (Lipinski definition) is 0. The third-order valence-electron chi connectivity index (χ3n) is 2.95. The molecular formula is C16H22PSi+. The van der Waals surface area contributed by atoms with Crippen molar-refractivity contribution in [1.82, 2.24) is 0 Å². The van der Waals surface area contributed by atoms with Crippen LogP contribution in [0.1, 0.15) is 0 Å². The van der Waals surface area contributed by atoms with E-state index in [1.54, 1.807) is 10.6 Å². The van der Waals surface area contributed by atoms with Gasteiger partial charge in [0.05, 0.1) is 32.4 Å². The lowest BCUT2D eigenvalue weighted by Crippen LogP contribution is -2.30. The van der Waals surface area contributed by atoms with E-state index in [1.165, 1.54) is 5.79 Å². The highest BCUT2D eigenvalue weighted by Gasteiger charge is 2.29. The molecule has 0 heterocycles. The summed E-state index contributed by atoms with van der Waals surface area (Å²) in [6.07, 6.45) is 0. The third-order valence-corrected chi connectivity index (χ3v) is 10.7. The molecule has 0 aliphatic heterocycles. The topological polar surface area (TPSA) is 0 Å². The van der Waals surface area contributed by atoms with Gasteiger partial charge in [0.1, 0.15) is 0 Å². The van der Waals surface area contributed by atoms with E-state index in [0.29, 0.717) is 0 Å². The van der Waals surface area contributed by atoms with Crippen molar-refractivity contribution in [2.24, 2.45) is 0 Å². The number of benzene rings is 2. The zero-order valence-electron chi connectivity index (χ0n) is 11.5. The standard InChI is InChI=1S/C16H21PSi/c1-18(2,3)14-17(15-10-6-4-7-11-15)16-12-8-5-9-13-16/h4-13H,14H2,1-3H3/p+1. The Morgan fingerprint density at radius 1 is 0.722 bits per heavy atom. The second-order valence-corrected chi connectivity index (χ2v) is 14.6. The van der Waals surface area contributed by atoms with Crippen molar-refractivity contribution in [3.8, 4) is 0 Å². The first-order valence-corrected chi connectivity index (χ1v) is 11.9. The van der Waals surface area contributed by atoms with Crippen LogP contribution in [0.15, 0.2) is 60.7 Å². The minimum Gasteiger partial charge on any atom is -0.0663 e. The highest BCUT2D eigenvalue weighted by Crippen LogP contribution is 2.36. The van der Waals surface area contributed by atoms with E-state index in [1.807, 2.05) is 0 Å². The van der Waals surface area contributed by atoms with Crippen LogP contribution in [0, 0.1) is 0 Å². The fourth-order valence-electron chi connectivity index (χ4n) is 2.18. The summed E-state index contributed by atoms with van der Waals surface area (Å²) in [7, 11) is -1.64. The number of hydrogen-bond acceptors (Lipinski definition) is 0. The Morgan fingerprint density at radius 3 is 1.44 bits per heavy atom. The molecule has 94 valence electrons. The largest absolute Gasteiger partial charge is 0.0963 e. The van der Waals surface area contributed by atoms with E-state index in [9.17, 15) is 0 Å². The maximum absolute atomic E-state index is 2.48. The summed E-state index contributed by atoms with van der Waals surface area (Å²) in [4.78, 5) is 0. The quantitative estimate of drug-likeness (QED) is 0.588. The molecule has 0 aromatic heterocycles. The zero-order chi connectivity index (χ0) is 13.0. The maximum Gasteiger partial charge on any atom is 0.0963 e. The Hall–Kier alpha value is -0.913. The van der Waals surface area contributed by atoms with E-state index >= 15 is 0 Å². The first kappa shape index (κ1) is 13.5. The minimum atomic E-state index is -1.04. The van der Waals surface area contributed by atoms with Crippen LogP contribution in [-0.4, -0.2) is 13.9 Å². The van der Waals surface area contributed by atoms with Gasteiger partial charge in [-0.1, -0.05) is 56.0 Å². The summed E-state index contributed by atoms with van der Waals surface area (Å²) in [6, 6.07) is 22.2. The van der Waals surface area contributed by atoms with Crippen molar-refractivity contribution in [1.29, 1.82) is 0 Å². The lowest BCUT2D eigenvalue weighted by atomic mass is 10.4. The maximum atomic E-state index is 2.48. The van der Waals surface area contributed by atoms with Crippen molar-refractivity contribution in [2.75, 3.05) is 5.79 Å². The Morgan fingerprint density at radius 2 is 1.11 bits per heavy atom. The van der Waals surface area contributed by atoms with Crippen LogP contribution >= 0.6 is 7.92 Å². The van der Waals surface area contributed by atoms with Gasteiger partial charge in [0.2, 0.25) is 0 Å². The average molecular weight is 273 g/mol. The van der Waals surface area contributed by atoms with Crippen LogP contribution in [0.4, 0.5) is 0 Å². The second-order valence-electron chi connectivity index (χ2n) is 5.95. The molecular weight excluding hydrogens is 251 g/mol. The van der Waals surface area contributed by atoms with Crippen LogP contribution < -0.4 is 10.6 Å². The van der Waals surface area contributed by atoms with Gasteiger partial charge >= 0.3 is 0 Å². The van der Waals surface area contributed by atoms with E-state index < -0.39 is 16.0 Å². The first-order valence-electron chi connectivity index (χ1n) is 6.53. The van der Waals surface area contributed by atoms with Crippen molar-refractivity contribution < 1.29 is 0 Å². The van der Waals surface area contributed by atoms with Gasteiger partial charge in [-0.15, -0.1) is 0 Å². The summed E-state index contributed by atoms with van der Waals surface area (Å²) in [5.41, 5.74) is 0. The Balaban J connectivity index is 2.36. The molecule has 0 saturated carbocycles. The van der Waals surface area contributed by atoms with Crippen LogP contribution in [0.3, 0.4) is 0 Å². The van der Waals surface area contributed by atoms with Gasteiger partial charge < -0.3 is 0 Å². The molecule has 0 N–H and O–H groups in total. The van der Waals surface area contributed by atoms with Crippen LogP contribution in [-0.2, 0) is 0 Å². The van der Waals surface area contributed by atoms with E-state index in [2.05, 4.69) is 80.3 Å². The van der Waals surface area contributed by atoms with E-state index in [0.717, 1.165) is 0 Å². The first-order chi connectivity index (χ1) is 8.56. The van der Waals surface area contributed by atoms with Crippen LogP contribution in [0.25, 0.3) is 0 Å². The van der Waals surface area contributed by atoms with Gasteiger partial charge in [-0.3, -0.25) is 0 Å². The highest BCUT2D eigenvalue weighted by atomic mass is 31.1. The zero-order valence-corrected chi connectivity index (χ0v) is 13.5. The van der Waals surface area contributed by atoms with Gasteiger partial charge in [0, 0.05) is 0 Å². The molecule has 0 spiro atoms. The fraction of sp³-hybridized carbons (Fsp3) is 0.250. The summed E-state index contributed by atoms with van der Waals surface area (Å²) < 4.78 is 0. The Labute approximate surface area is 113 Å². The fourth-order valence-corrected chi connectivity index (χ4v) is 9.58. The second kappa shape index (κ2) is 5.82. The average Bonchev–Trinajstić information content (AvgIpc) is 2.37. The van der Waals surface area contributed by atoms with Crippen LogP contribution in [0.2, 0.25) is 19.6 Å². The normalized spacial score (nSPS) is 11.8. The predicted octanol–water partition coefficient (Wildman–Crippen LogP) is 3.73. The van der Waals surface area contributed by atoms with Gasteiger partial charge in [0.25, 0.3) is 0 Å². The third kappa shape index (κ3) is 3.80. The number of rotatable bonds is 4. The van der Waals surface area contributed by atoms with E-state index in [4.69, 9.17) is 0 Å². The monoisotopic (exact) mass is 273 g/mol. The van der Waals surface area contributed by atoms with Gasteiger partial charge in [-0.2, -0.15) is 0 Å². The van der Waals surface area contributed by atoms with Crippen molar-refractivity contribution in [3.05, 3.63) is 60.7 Å². The molecule has 2 aromatic carbocycles. The molecule has 0 unspecified atom stereocenters. The lowest BCUT2D eigenvalue weighted by Gasteiger charge is -2.19. The molecule has 2 aromatic rings. The molecule has 0 aliphatic rings. The molecule has 2 heteroatoms. The molecule has 0 nitrogen and oxygen atoms in total. The summed E-state index contributed by atoms with van der Waals surface area (Å²) in [5, 5.41) is 3.10. The molecule has 0 bridgehead atoms. The molecule has 18 heavy (non-hydrogen) atoms. The smallest absolute Gasteiger partial charge is 0.0663 e. The molecule has 2 rings (SSSR count). The van der Waals surface area contributed by atoms with E-state index in [-0.39, 0.29) is 0 Å². The van der Waals surface area contributed by atoms with Crippen molar-refractivity contribution in [2.45, 2.75) is 19.6 Å². The summed E-state index contributed by atoms with van der Waals surface area (Å²) in [6.45, 7) is 7.43. The lowest BCUT2D eigenvalue weighted by molar-refractivity contribution is 1.65. The molecule has 0 saturated heterocycles. The van der Waals surface area contributed by atoms with Gasteiger partial charge in [-0.25, -0.2) is 0 Å². The van der Waals surface area contributed by atoms with Crippen molar-refractivity contribution in [3.63, 3.8) is 0 Å². The molecule has 0 fully saturated rings. The Bertz CT molecular complexity index is 434. The van der Waals surface area contributed by atoms with Gasteiger partial charge in [-0.05, 0) is 24.3 Å². The Kier molecular flexibility index (Phi) is 4.37. The predicted molar refractivity (Wildman–Crippen MR) is 88.7 cm³/mol. The SMILES string of the molecule is C[Si](C)(C)C[PH+](c1ccccc1)c1ccccc1. The molecule has 0 radical (unpaired) electrons. The van der Waals surface area contributed by atoms with Crippen LogP contribution in [0.5, 0.6) is 0 Å². The molecule has 0 amide bonds. The van der Waals surface area contributed by atoms with Gasteiger partial charge in [0.15, 0.2) is 0 Å².